The summed E-state index contributed by atoms with van der Waals surface area (Å²) in [5, 5.41) is 2.37. The highest BCUT2D eigenvalue weighted by Crippen LogP contribution is 2.22. The summed E-state index contributed by atoms with van der Waals surface area (Å²) in [5.41, 5.74) is 0.625. The third kappa shape index (κ3) is 5.50. The van der Waals surface area contributed by atoms with E-state index in [1.54, 1.807) is 19.1 Å². The number of amides is 1. The van der Waals surface area contributed by atoms with E-state index in [-0.39, 0.29) is 10.6 Å². The minimum Gasteiger partial charge on any atom is -0.494 e. The summed E-state index contributed by atoms with van der Waals surface area (Å²) >= 11 is 3.12. The van der Waals surface area contributed by atoms with E-state index in [1.165, 1.54) is 31.2 Å². The van der Waals surface area contributed by atoms with Gasteiger partial charge in [-0.2, -0.15) is 4.72 Å². The first-order chi connectivity index (χ1) is 12.6. The predicted octanol–water partition coefficient (Wildman–Crippen LogP) is 3.60. The first-order valence-corrected chi connectivity index (χ1v) is 10.4. The number of nitrogens with one attached hydrogen (secondary N) is 2. The standard InChI is InChI=1S/C18H20BrFN2O4S/c1-4-26-17-8-6-14(9-11(17)2)27(24,25)22-12(3)18(23)21-16-7-5-13(19)10-15(16)20/h5-10,12,22H,4H2,1-3H3,(H,21,23)/t12-/m1/s1. The Kier molecular flexibility index (Phi) is 6.96. The summed E-state index contributed by atoms with van der Waals surface area (Å²) < 4.78 is 47.1. The van der Waals surface area contributed by atoms with Gasteiger partial charge in [-0.3, -0.25) is 4.79 Å². The molecular weight excluding hydrogens is 439 g/mol. The fourth-order valence-corrected chi connectivity index (χ4v) is 3.91. The van der Waals surface area contributed by atoms with Crippen LogP contribution in [-0.4, -0.2) is 27.0 Å². The van der Waals surface area contributed by atoms with Gasteiger partial charge in [0, 0.05) is 4.47 Å². The maximum absolute atomic E-state index is 13.8. The van der Waals surface area contributed by atoms with Crippen LogP contribution in [0.4, 0.5) is 10.1 Å². The number of benzene rings is 2. The van der Waals surface area contributed by atoms with Crippen molar-refractivity contribution in [2.45, 2.75) is 31.7 Å². The molecule has 1 atom stereocenters. The Hall–Kier alpha value is -1.97. The van der Waals surface area contributed by atoms with Crippen molar-refractivity contribution in [1.29, 1.82) is 0 Å². The molecule has 9 heteroatoms. The van der Waals surface area contributed by atoms with Crippen LogP contribution in [0.3, 0.4) is 0 Å². The Morgan fingerprint density at radius 3 is 2.56 bits per heavy atom. The average Bonchev–Trinajstić information content (AvgIpc) is 2.58. The van der Waals surface area contributed by atoms with E-state index in [4.69, 9.17) is 4.74 Å². The van der Waals surface area contributed by atoms with Crippen LogP contribution < -0.4 is 14.8 Å². The molecule has 0 aliphatic carbocycles. The highest BCUT2D eigenvalue weighted by atomic mass is 79.9. The number of hydrogen-bond donors (Lipinski definition) is 2. The molecule has 2 aromatic carbocycles. The number of halogens is 2. The summed E-state index contributed by atoms with van der Waals surface area (Å²) in [5.74, 6) is -0.717. The van der Waals surface area contributed by atoms with Crippen molar-refractivity contribution < 1.29 is 22.3 Å². The average molecular weight is 459 g/mol. The van der Waals surface area contributed by atoms with Gasteiger partial charge < -0.3 is 10.1 Å². The van der Waals surface area contributed by atoms with Crippen molar-refractivity contribution in [3.8, 4) is 5.75 Å². The lowest BCUT2D eigenvalue weighted by Gasteiger charge is -2.16. The van der Waals surface area contributed by atoms with E-state index in [0.717, 1.165) is 0 Å². The minimum atomic E-state index is -3.94. The Morgan fingerprint density at radius 2 is 1.96 bits per heavy atom. The van der Waals surface area contributed by atoms with Gasteiger partial charge in [-0.25, -0.2) is 12.8 Å². The molecule has 0 saturated heterocycles. The molecular formula is C18H20BrFN2O4S. The number of ether oxygens (including phenoxy) is 1. The number of hydrogen-bond acceptors (Lipinski definition) is 4. The van der Waals surface area contributed by atoms with Crippen LogP contribution >= 0.6 is 15.9 Å². The van der Waals surface area contributed by atoms with E-state index >= 15 is 0 Å². The van der Waals surface area contributed by atoms with E-state index in [0.29, 0.717) is 22.4 Å². The van der Waals surface area contributed by atoms with Gasteiger partial charge in [0.05, 0.1) is 23.2 Å². The number of anilines is 1. The summed E-state index contributed by atoms with van der Waals surface area (Å²) in [4.78, 5) is 12.2. The zero-order chi connectivity index (χ0) is 20.2. The molecule has 0 radical (unpaired) electrons. The lowest BCUT2D eigenvalue weighted by atomic mass is 10.2. The number of rotatable bonds is 7. The lowest BCUT2D eigenvalue weighted by molar-refractivity contribution is -0.117. The van der Waals surface area contributed by atoms with E-state index < -0.39 is 27.8 Å². The molecule has 0 heterocycles. The molecule has 0 unspecified atom stereocenters. The monoisotopic (exact) mass is 458 g/mol. The maximum atomic E-state index is 13.8. The third-order valence-corrected chi connectivity index (χ3v) is 5.70. The van der Waals surface area contributed by atoms with Crippen molar-refractivity contribution in [1.82, 2.24) is 4.72 Å². The Labute approximate surface area is 166 Å². The molecule has 0 bridgehead atoms. The fraction of sp³-hybridized carbons (Fsp3) is 0.278. The second kappa shape index (κ2) is 8.81. The highest BCUT2D eigenvalue weighted by Gasteiger charge is 2.23. The van der Waals surface area contributed by atoms with Gasteiger partial charge in [0.1, 0.15) is 11.6 Å². The van der Waals surface area contributed by atoms with Crippen molar-refractivity contribution >= 4 is 37.5 Å². The highest BCUT2D eigenvalue weighted by molar-refractivity contribution is 9.10. The van der Waals surface area contributed by atoms with Gasteiger partial charge in [-0.1, -0.05) is 15.9 Å². The van der Waals surface area contributed by atoms with E-state index in [9.17, 15) is 17.6 Å². The topological polar surface area (TPSA) is 84.5 Å². The van der Waals surface area contributed by atoms with Gasteiger partial charge >= 0.3 is 0 Å². The zero-order valence-corrected chi connectivity index (χ0v) is 17.4. The second-order valence-electron chi connectivity index (χ2n) is 5.82. The number of aryl methyl sites for hydroxylation is 1. The molecule has 2 aromatic rings. The third-order valence-electron chi connectivity index (χ3n) is 3.67. The van der Waals surface area contributed by atoms with Crippen LogP contribution in [0.1, 0.15) is 19.4 Å². The maximum Gasteiger partial charge on any atom is 0.242 e. The van der Waals surface area contributed by atoms with Crippen LogP contribution in [0.5, 0.6) is 5.75 Å². The normalized spacial score (nSPS) is 12.5. The Morgan fingerprint density at radius 1 is 1.26 bits per heavy atom. The molecule has 2 N–H and O–H groups in total. The van der Waals surface area contributed by atoms with Gasteiger partial charge in [0.25, 0.3) is 0 Å². The molecule has 0 aromatic heterocycles. The van der Waals surface area contributed by atoms with Crippen LogP contribution in [0.2, 0.25) is 0 Å². The second-order valence-corrected chi connectivity index (χ2v) is 8.45. The van der Waals surface area contributed by atoms with Gasteiger partial charge in [0.2, 0.25) is 15.9 Å². The molecule has 0 fully saturated rings. The molecule has 27 heavy (non-hydrogen) atoms. The van der Waals surface area contributed by atoms with Crippen LogP contribution in [-0.2, 0) is 14.8 Å². The first-order valence-electron chi connectivity index (χ1n) is 8.15. The predicted molar refractivity (Wildman–Crippen MR) is 105 cm³/mol. The van der Waals surface area contributed by atoms with Crippen LogP contribution in [0.25, 0.3) is 0 Å². The fourth-order valence-electron chi connectivity index (χ4n) is 2.29. The first kappa shape index (κ1) is 21.3. The zero-order valence-electron chi connectivity index (χ0n) is 15.0. The molecule has 2 rings (SSSR count). The number of carbonyl (C=O) groups is 1. The van der Waals surface area contributed by atoms with Crippen molar-refractivity contribution in [3.63, 3.8) is 0 Å². The largest absolute Gasteiger partial charge is 0.494 e. The molecule has 0 saturated carbocycles. The molecule has 0 aliphatic heterocycles. The quantitative estimate of drug-likeness (QED) is 0.663. The number of carbonyl (C=O) groups excluding carboxylic acids is 1. The molecule has 0 aliphatic rings. The van der Waals surface area contributed by atoms with Gasteiger partial charge in [0.15, 0.2) is 0 Å². The molecule has 1 amide bonds. The van der Waals surface area contributed by atoms with Crippen molar-refractivity contribution in [2.75, 3.05) is 11.9 Å². The SMILES string of the molecule is CCOc1ccc(S(=O)(=O)N[C@H](C)C(=O)Nc2ccc(Br)cc2F)cc1C. The smallest absolute Gasteiger partial charge is 0.242 e. The summed E-state index contributed by atoms with van der Waals surface area (Å²) in [6, 6.07) is 7.48. The van der Waals surface area contributed by atoms with Gasteiger partial charge in [-0.15, -0.1) is 0 Å². The van der Waals surface area contributed by atoms with Crippen molar-refractivity contribution in [2.24, 2.45) is 0 Å². The molecule has 6 nitrogen and oxygen atoms in total. The molecule has 146 valence electrons. The lowest BCUT2D eigenvalue weighted by Crippen LogP contribution is -2.41. The summed E-state index contributed by atoms with van der Waals surface area (Å²) in [6.07, 6.45) is 0. The minimum absolute atomic E-state index is 0.0120. The Bertz CT molecular complexity index is 950. The van der Waals surface area contributed by atoms with Crippen molar-refractivity contribution in [3.05, 3.63) is 52.3 Å². The van der Waals surface area contributed by atoms with Gasteiger partial charge in [-0.05, 0) is 62.7 Å². The van der Waals surface area contributed by atoms with Crippen LogP contribution in [0.15, 0.2) is 45.8 Å². The summed E-state index contributed by atoms with van der Waals surface area (Å²) in [6.45, 7) is 5.41. The van der Waals surface area contributed by atoms with E-state index in [1.807, 2.05) is 6.92 Å². The molecule has 0 spiro atoms. The Balaban J connectivity index is 2.12. The van der Waals surface area contributed by atoms with Crippen LogP contribution in [0, 0.1) is 12.7 Å². The summed E-state index contributed by atoms with van der Waals surface area (Å²) in [7, 11) is -3.94. The number of sulfonamides is 1. The van der Waals surface area contributed by atoms with E-state index in [2.05, 4.69) is 26.0 Å².